The number of aromatic nitrogens is 1. The number of hydrogen-bond donors (Lipinski definition) is 2. The van der Waals surface area contributed by atoms with Crippen molar-refractivity contribution in [1.82, 2.24) is 15.2 Å². The number of carbonyl (C=O) groups is 1. The highest BCUT2D eigenvalue weighted by molar-refractivity contribution is 5.94. The number of nitrogens with one attached hydrogen (secondary N) is 1. The van der Waals surface area contributed by atoms with Gasteiger partial charge in [-0.3, -0.25) is 9.78 Å². The second-order valence-corrected chi connectivity index (χ2v) is 5.70. The summed E-state index contributed by atoms with van der Waals surface area (Å²) in [6, 6.07) is 1.61. The quantitative estimate of drug-likeness (QED) is 0.878. The highest BCUT2D eigenvalue weighted by Crippen LogP contribution is 2.17. The van der Waals surface area contributed by atoms with Crippen LogP contribution in [0.25, 0.3) is 0 Å². The van der Waals surface area contributed by atoms with Crippen LogP contribution in [0.5, 0.6) is 5.75 Å². The monoisotopic (exact) mass is 277 g/mol. The van der Waals surface area contributed by atoms with Crippen LogP contribution in [0.15, 0.2) is 18.5 Å². The standard InChI is InChI=1S/C15H23N3O2/c1-11(2)18(10-12-4-3-5-16-7-12)15(20)13-6-14(19)9-17-8-13/h6,8-9,11-12,16,19H,3-5,7,10H2,1-2H3. The van der Waals surface area contributed by atoms with E-state index in [-0.39, 0.29) is 17.7 Å². The molecule has 0 aromatic carbocycles. The lowest BCUT2D eigenvalue weighted by molar-refractivity contribution is 0.0660. The normalized spacial score (nSPS) is 19.1. The molecule has 5 nitrogen and oxygen atoms in total. The van der Waals surface area contributed by atoms with Crippen LogP contribution in [0.1, 0.15) is 37.0 Å². The van der Waals surface area contributed by atoms with E-state index in [0.29, 0.717) is 11.5 Å². The summed E-state index contributed by atoms with van der Waals surface area (Å²) in [5, 5.41) is 12.8. The molecule has 1 aliphatic heterocycles. The molecule has 2 N–H and O–H groups in total. The summed E-state index contributed by atoms with van der Waals surface area (Å²) in [5.41, 5.74) is 0.447. The van der Waals surface area contributed by atoms with Crippen molar-refractivity contribution in [3.8, 4) is 5.75 Å². The maximum Gasteiger partial charge on any atom is 0.255 e. The third-order valence-electron chi connectivity index (χ3n) is 3.71. The molecular formula is C15H23N3O2. The first-order valence-electron chi connectivity index (χ1n) is 7.23. The Bertz CT molecular complexity index is 456. The van der Waals surface area contributed by atoms with Gasteiger partial charge in [-0.1, -0.05) is 0 Å². The summed E-state index contributed by atoms with van der Waals surface area (Å²) in [7, 11) is 0. The van der Waals surface area contributed by atoms with E-state index in [1.807, 2.05) is 18.7 Å². The lowest BCUT2D eigenvalue weighted by Crippen LogP contribution is -2.44. The molecule has 2 rings (SSSR count). The molecule has 1 saturated heterocycles. The lowest BCUT2D eigenvalue weighted by atomic mass is 9.98. The average Bonchev–Trinajstić information content (AvgIpc) is 2.45. The minimum Gasteiger partial charge on any atom is -0.506 e. The molecule has 0 bridgehead atoms. The predicted octanol–water partition coefficient (Wildman–Crippen LogP) is 1.64. The molecule has 5 heteroatoms. The van der Waals surface area contributed by atoms with Crippen LogP contribution < -0.4 is 5.32 Å². The van der Waals surface area contributed by atoms with Crippen LogP contribution in [0, 0.1) is 5.92 Å². The van der Waals surface area contributed by atoms with Gasteiger partial charge in [0.25, 0.3) is 5.91 Å². The zero-order chi connectivity index (χ0) is 14.5. The molecule has 1 atom stereocenters. The van der Waals surface area contributed by atoms with Gasteiger partial charge in [0.2, 0.25) is 0 Å². The molecule has 1 aromatic rings. The van der Waals surface area contributed by atoms with E-state index >= 15 is 0 Å². The topological polar surface area (TPSA) is 65.5 Å². The summed E-state index contributed by atoms with van der Waals surface area (Å²) in [6.07, 6.45) is 5.17. The number of pyridine rings is 1. The lowest BCUT2D eigenvalue weighted by Gasteiger charge is -2.33. The van der Waals surface area contributed by atoms with E-state index in [2.05, 4.69) is 10.3 Å². The largest absolute Gasteiger partial charge is 0.506 e. The van der Waals surface area contributed by atoms with Crippen LogP contribution in [0.4, 0.5) is 0 Å². The predicted molar refractivity (Wildman–Crippen MR) is 77.7 cm³/mol. The van der Waals surface area contributed by atoms with Crippen molar-refractivity contribution < 1.29 is 9.90 Å². The molecule has 110 valence electrons. The number of nitrogens with zero attached hydrogens (tertiary/aromatic N) is 2. The molecule has 2 heterocycles. The van der Waals surface area contributed by atoms with Crippen LogP contribution in [0.3, 0.4) is 0 Å². The molecule has 0 spiro atoms. The molecular weight excluding hydrogens is 254 g/mol. The zero-order valence-corrected chi connectivity index (χ0v) is 12.2. The Labute approximate surface area is 120 Å². The van der Waals surface area contributed by atoms with E-state index in [9.17, 15) is 9.90 Å². The van der Waals surface area contributed by atoms with Gasteiger partial charge in [-0.05, 0) is 51.8 Å². The average molecular weight is 277 g/mol. The number of hydrogen-bond acceptors (Lipinski definition) is 4. The van der Waals surface area contributed by atoms with Crippen molar-refractivity contribution >= 4 is 5.91 Å². The number of piperidine rings is 1. The van der Waals surface area contributed by atoms with Gasteiger partial charge in [0.15, 0.2) is 0 Å². The van der Waals surface area contributed by atoms with Gasteiger partial charge < -0.3 is 15.3 Å². The summed E-state index contributed by atoms with van der Waals surface area (Å²) in [5.74, 6) is 0.466. The molecule has 0 saturated carbocycles. The maximum absolute atomic E-state index is 12.6. The SMILES string of the molecule is CC(C)N(CC1CCCNC1)C(=O)c1cncc(O)c1. The highest BCUT2D eigenvalue weighted by atomic mass is 16.3. The third kappa shape index (κ3) is 3.70. The highest BCUT2D eigenvalue weighted by Gasteiger charge is 2.24. The van der Waals surface area contributed by atoms with Gasteiger partial charge in [0.1, 0.15) is 5.75 Å². The van der Waals surface area contributed by atoms with Crippen molar-refractivity contribution in [2.24, 2.45) is 5.92 Å². The fourth-order valence-electron chi connectivity index (χ4n) is 2.60. The van der Waals surface area contributed by atoms with Crippen molar-refractivity contribution in [1.29, 1.82) is 0 Å². The summed E-state index contributed by atoms with van der Waals surface area (Å²) in [4.78, 5) is 18.3. The number of rotatable bonds is 4. The second kappa shape index (κ2) is 6.70. The zero-order valence-electron chi connectivity index (χ0n) is 12.2. The molecule has 0 radical (unpaired) electrons. The van der Waals surface area contributed by atoms with Gasteiger partial charge in [-0.15, -0.1) is 0 Å². The Balaban J connectivity index is 2.09. The van der Waals surface area contributed by atoms with Gasteiger partial charge >= 0.3 is 0 Å². The maximum atomic E-state index is 12.6. The molecule has 1 aromatic heterocycles. The van der Waals surface area contributed by atoms with E-state index < -0.39 is 0 Å². The summed E-state index contributed by atoms with van der Waals surface area (Å²) in [6.45, 7) is 6.82. The molecule has 1 aliphatic rings. The number of amides is 1. The van der Waals surface area contributed by atoms with Crippen LogP contribution in [-0.4, -0.2) is 46.6 Å². The van der Waals surface area contributed by atoms with Gasteiger partial charge in [0, 0.05) is 18.8 Å². The Morgan fingerprint density at radius 2 is 2.35 bits per heavy atom. The number of aromatic hydroxyl groups is 1. The first kappa shape index (κ1) is 14.8. The summed E-state index contributed by atoms with van der Waals surface area (Å²) >= 11 is 0. The van der Waals surface area contributed by atoms with Gasteiger partial charge in [-0.25, -0.2) is 0 Å². The fraction of sp³-hybridized carbons (Fsp3) is 0.600. The van der Waals surface area contributed by atoms with E-state index in [0.717, 1.165) is 26.1 Å². The Morgan fingerprint density at radius 3 is 2.95 bits per heavy atom. The number of carbonyl (C=O) groups excluding carboxylic acids is 1. The smallest absolute Gasteiger partial charge is 0.255 e. The van der Waals surface area contributed by atoms with Crippen molar-refractivity contribution in [2.45, 2.75) is 32.7 Å². The van der Waals surface area contributed by atoms with E-state index in [1.54, 1.807) is 0 Å². The van der Waals surface area contributed by atoms with Crippen LogP contribution >= 0.6 is 0 Å². The molecule has 1 unspecified atom stereocenters. The molecule has 20 heavy (non-hydrogen) atoms. The Kier molecular flexibility index (Phi) is 4.95. The first-order chi connectivity index (χ1) is 9.58. The first-order valence-corrected chi connectivity index (χ1v) is 7.23. The molecule has 0 aliphatic carbocycles. The van der Waals surface area contributed by atoms with Crippen LogP contribution in [0.2, 0.25) is 0 Å². The van der Waals surface area contributed by atoms with Crippen molar-refractivity contribution in [3.05, 3.63) is 24.0 Å². The minimum absolute atomic E-state index is 0.0267. The second-order valence-electron chi connectivity index (χ2n) is 5.70. The molecule has 1 fully saturated rings. The van der Waals surface area contributed by atoms with Crippen molar-refractivity contribution in [3.63, 3.8) is 0 Å². The molecule has 1 amide bonds. The van der Waals surface area contributed by atoms with E-state index in [1.165, 1.54) is 24.9 Å². The van der Waals surface area contributed by atoms with Gasteiger partial charge in [0.05, 0.1) is 11.8 Å². The Hall–Kier alpha value is -1.62. The van der Waals surface area contributed by atoms with Gasteiger partial charge in [-0.2, -0.15) is 0 Å². The van der Waals surface area contributed by atoms with Crippen molar-refractivity contribution in [2.75, 3.05) is 19.6 Å². The van der Waals surface area contributed by atoms with Crippen LogP contribution in [-0.2, 0) is 0 Å². The minimum atomic E-state index is -0.0611. The summed E-state index contributed by atoms with van der Waals surface area (Å²) < 4.78 is 0. The Morgan fingerprint density at radius 1 is 1.55 bits per heavy atom. The van der Waals surface area contributed by atoms with E-state index in [4.69, 9.17) is 0 Å². The fourth-order valence-corrected chi connectivity index (χ4v) is 2.60. The third-order valence-corrected chi connectivity index (χ3v) is 3.71.